The highest BCUT2D eigenvalue weighted by Gasteiger charge is 2.34. The lowest BCUT2D eigenvalue weighted by Crippen LogP contribution is -2.57. The zero-order valence-corrected chi connectivity index (χ0v) is 15.0. The number of amides is 2. The van der Waals surface area contributed by atoms with Crippen LogP contribution in [0.3, 0.4) is 0 Å². The fourth-order valence-corrected chi connectivity index (χ4v) is 3.07. The van der Waals surface area contributed by atoms with Gasteiger partial charge in [-0.25, -0.2) is 0 Å². The van der Waals surface area contributed by atoms with Crippen molar-refractivity contribution in [3.05, 3.63) is 65.2 Å². The SMILES string of the molecule is Cc1ccc(N2C[C@@H](C)N(C(=O)c3ccc(C(F)(F)F)cc3)CC2=O)cc1. The van der Waals surface area contributed by atoms with E-state index in [2.05, 4.69) is 0 Å². The monoisotopic (exact) mass is 376 g/mol. The van der Waals surface area contributed by atoms with Crippen molar-refractivity contribution in [2.75, 3.05) is 18.0 Å². The van der Waals surface area contributed by atoms with Gasteiger partial charge in [-0.2, -0.15) is 13.2 Å². The molecular weight excluding hydrogens is 357 g/mol. The maximum Gasteiger partial charge on any atom is 0.416 e. The minimum absolute atomic E-state index is 0.116. The van der Waals surface area contributed by atoms with Crippen LogP contribution in [0.5, 0.6) is 0 Å². The van der Waals surface area contributed by atoms with Gasteiger partial charge in [0.15, 0.2) is 0 Å². The molecule has 0 aromatic heterocycles. The van der Waals surface area contributed by atoms with Crippen LogP contribution >= 0.6 is 0 Å². The summed E-state index contributed by atoms with van der Waals surface area (Å²) < 4.78 is 38.0. The lowest BCUT2D eigenvalue weighted by Gasteiger charge is -2.39. The molecule has 0 bridgehead atoms. The van der Waals surface area contributed by atoms with Crippen LogP contribution in [0.2, 0.25) is 0 Å². The molecule has 0 radical (unpaired) electrons. The molecule has 2 aromatic rings. The van der Waals surface area contributed by atoms with E-state index in [1.165, 1.54) is 4.90 Å². The summed E-state index contributed by atoms with van der Waals surface area (Å²) in [4.78, 5) is 28.2. The third kappa shape index (κ3) is 3.97. The molecule has 7 heteroatoms. The van der Waals surface area contributed by atoms with Crippen LogP contribution in [0.4, 0.5) is 18.9 Å². The van der Waals surface area contributed by atoms with Crippen LogP contribution < -0.4 is 4.90 Å². The molecule has 0 saturated carbocycles. The minimum atomic E-state index is -4.45. The first-order valence-corrected chi connectivity index (χ1v) is 8.52. The van der Waals surface area contributed by atoms with Crippen molar-refractivity contribution in [3.8, 4) is 0 Å². The van der Waals surface area contributed by atoms with Crippen molar-refractivity contribution in [1.29, 1.82) is 0 Å². The van der Waals surface area contributed by atoms with Crippen molar-refractivity contribution in [3.63, 3.8) is 0 Å². The molecule has 0 N–H and O–H groups in total. The highest BCUT2D eigenvalue weighted by molar-refractivity contribution is 6.02. The number of rotatable bonds is 2. The molecule has 1 fully saturated rings. The summed E-state index contributed by atoms with van der Waals surface area (Å²) in [6.07, 6.45) is -4.45. The molecule has 2 amide bonds. The predicted octanol–water partition coefficient (Wildman–Crippen LogP) is 3.89. The van der Waals surface area contributed by atoms with Gasteiger partial charge in [0, 0.05) is 23.8 Å². The van der Waals surface area contributed by atoms with Crippen molar-refractivity contribution >= 4 is 17.5 Å². The molecule has 27 heavy (non-hydrogen) atoms. The summed E-state index contributed by atoms with van der Waals surface area (Å²) in [7, 11) is 0. The average Bonchev–Trinajstić information content (AvgIpc) is 2.63. The van der Waals surface area contributed by atoms with Crippen molar-refractivity contribution in [2.24, 2.45) is 0 Å². The molecule has 142 valence electrons. The number of benzene rings is 2. The second-order valence-electron chi connectivity index (χ2n) is 6.70. The molecule has 1 heterocycles. The van der Waals surface area contributed by atoms with E-state index < -0.39 is 17.6 Å². The lowest BCUT2D eigenvalue weighted by atomic mass is 10.1. The van der Waals surface area contributed by atoms with E-state index in [-0.39, 0.29) is 24.1 Å². The van der Waals surface area contributed by atoms with E-state index in [1.807, 2.05) is 38.1 Å². The zero-order chi connectivity index (χ0) is 19.8. The molecule has 1 saturated heterocycles. The largest absolute Gasteiger partial charge is 0.416 e. The Bertz CT molecular complexity index is 845. The van der Waals surface area contributed by atoms with Crippen LogP contribution in [-0.2, 0) is 11.0 Å². The molecule has 1 aliphatic rings. The van der Waals surface area contributed by atoms with E-state index >= 15 is 0 Å². The molecule has 0 spiro atoms. The van der Waals surface area contributed by atoms with Gasteiger partial charge in [-0.3, -0.25) is 9.59 Å². The molecule has 1 aliphatic heterocycles. The number of piperazine rings is 1. The van der Waals surface area contributed by atoms with Gasteiger partial charge in [0.25, 0.3) is 5.91 Å². The Morgan fingerprint density at radius 2 is 1.63 bits per heavy atom. The van der Waals surface area contributed by atoms with E-state index in [4.69, 9.17) is 0 Å². The number of hydrogen-bond acceptors (Lipinski definition) is 2. The Hall–Kier alpha value is -2.83. The standard InChI is InChI=1S/C20H19F3N2O2/c1-13-3-9-17(10-4-13)25-11-14(2)24(12-18(25)26)19(27)15-5-7-16(8-6-15)20(21,22)23/h3-10,14H,11-12H2,1-2H3/t14-/m1/s1. The Morgan fingerprint density at radius 1 is 1.04 bits per heavy atom. The number of alkyl halides is 3. The topological polar surface area (TPSA) is 40.6 Å². The van der Waals surface area contributed by atoms with Gasteiger partial charge < -0.3 is 9.80 Å². The Kier molecular flexibility index (Phi) is 4.95. The first kappa shape index (κ1) is 18.9. The summed E-state index contributed by atoms with van der Waals surface area (Å²) in [6, 6.07) is 11.3. The van der Waals surface area contributed by atoms with Gasteiger partial charge in [-0.15, -0.1) is 0 Å². The summed E-state index contributed by atoms with van der Waals surface area (Å²) in [5.41, 5.74) is 1.16. The first-order chi connectivity index (χ1) is 12.7. The maximum atomic E-state index is 12.7. The number of halogens is 3. The number of hydrogen-bond donors (Lipinski definition) is 0. The second kappa shape index (κ2) is 7.06. The van der Waals surface area contributed by atoms with Gasteiger partial charge in [-0.05, 0) is 50.2 Å². The van der Waals surface area contributed by atoms with Crippen LogP contribution in [0.1, 0.15) is 28.4 Å². The molecule has 1 atom stereocenters. The van der Waals surface area contributed by atoms with Crippen molar-refractivity contribution in [2.45, 2.75) is 26.1 Å². The maximum absolute atomic E-state index is 12.7. The smallest absolute Gasteiger partial charge is 0.325 e. The number of anilines is 1. The summed E-state index contributed by atoms with van der Waals surface area (Å²) in [5.74, 6) is -0.676. The van der Waals surface area contributed by atoms with Gasteiger partial charge in [0.2, 0.25) is 5.91 Å². The quantitative estimate of drug-likeness (QED) is 0.798. The average molecular weight is 376 g/mol. The van der Waals surface area contributed by atoms with E-state index in [9.17, 15) is 22.8 Å². The second-order valence-corrected chi connectivity index (χ2v) is 6.70. The number of carbonyl (C=O) groups excluding carboxylic acids is 2. The highest BCUT2D eigenvalue weighted by Crippen LogP contribution is 2.29. The van der Waals surface area contributed by atoms with Gasteiger partial charge in [-0.1, -0.05) is 17.7 Å². The number of nitrogens with zero attached hydrogens (tertiary/aromatic N) is 2. The molecular formula is C20H19F3N2O2. The predicted molar refractivity (Wildman–Crippen MR) is 95.5 cm³/mol. The van der Waals surface area contributed by atoms with E-state index in [0.717, 1.165) is 35.5 Å². The minimum Gasteiger partial charge on any atom is -0.325 e. The summed E-state index contributed by atoms with van der Waals surface area (Å²) in [6.45, 7) is 3.98. The van der Waals surface area contributed by atoms with Gasteiger partial charge in [0.1, 0.15) is 6.54 Å². The normalized spacial score (nSPS) is 18.0. The van der Waals surface area contributed by atoms with Crippen LogP contribution in [-0.4, -0.2) is 35.8 Å². The molecule has 4 nitrogen and oxygen atoms in total. The van der Waals surface area contributed by atoms with Crippen LogP contribution in [0.15, 0.2) is 48.5 Å². The number of carbonyl (C=O) groups is 2. The summed E-state index contributed by atoms with van der Waals surface area (Å²) >= 11 is 0. The lowest BCUT2D eigenvalue weighted by molar-refractivity contribution is -0.137. The third-order valence-corrected chi connectivity index (χ3v) is 4.65. The van der Waals surface area contributed by atoms with Gasteiger partial charge in [0.05, 0.1) is 5.56 Å². The Morgan fingerprint density at radius 3 is 2.19 bits per heavy atom. The fourth-order valence-electron chi connectivity index (χ4n) is 3.07. The van der Waals surface area contributed by atoms with Gasteiger partial charge >= 0.3 is 6.18 Å². The highest BCUT2D eigenvalue weighted by atomic mass is 19.4. The van der Waals surface area contributed by atoms with E-state index in [1.54, 1.807) is 4.90 Å². The number of aryl methyl sites for hydroxylation is 1. The van der Waals surface area contributed by atoms with Crippen LogP contribution in [0.25, 0.3) is 0 Å². The Labute approximate surface area is 155 Å². The summed E-state index contributed by atoms with van der Waals surface area (Å²) in [5, 5.41) is 0. The first-order valence-electron chi connectivity index (χ1n) is 8.52. The molecule has 0 unspecified atom stereocenters. The third-order valence-electron chi connectivity index (χ3n) is 4.65. The molecule has 3 rings (SSSR count). The molecule has 2 aromatic carbocycles. The molecule has 0 aliphatic carbocycles. The fraction of sp³-hybridized carbons (Fsp3) is 0.300. The van der Waals surface area contributed by atoms with Crippen LogP contribution in [0, 0.1) is 6.92 Å². The van der Waals surface area contributed by atoms with Crippen molar-refractivity contribution in [1.82, 2.24) is 4.90 Å². The Balaban J connectivity index is 1.76. The zero-order valence-electron chi connectivity index (χ0n) is 15.0. The van der Waals surface area contributed by atoms with Crippen molar-refractivity contribution < 1.29 is 22.8 Å². The van der Waals surface area contributed by atoms with E-state index in [0.29, 0.717) is 6.54 Å².